The highest BCUT2D eigenvalue weighted by atomic mass is 16.4. The maximum Gasteiger partial charge on any atom is 0.326 e. The lowest BCUT2D eigenvalue weighted by atomic mass is 10.0. The van der Waals surface area contributed by atoms with Crippen LogP contribution in [0.15, 0.2) is 12.5 Å². The summed E-state index contributed by atoms with van der Waals surface area (Å²) in [4.78, 5) is 57.6. The van der Waals surface area contributed by atoms with Crippen molar-refractivity contribution in [1.29, 1.82) is 0 Å². The number of carboxylic acids is 1. The maximum atomic E-state index is 12.8. The van der Waals surface area contributed by atoms with E-state index in [0.29, 0.717) is 25.1 Å². The third kappa shape index (κ3) is 6.76. The molecule has 0 spiro atoms. The van der Waals surface area contributed by atoms with Crippen LogP contribution in [0.25, 0.3) is 0 Å². The number of aromatic nitrogens is 2. The summed E-state index contributed by atoms with van der Waals surface area (Å²) in [6.07, 6.45) is 4.46. The summed E-state index contributed by atoms with van der Waals surface area (Å²) in [7, 11) is 0. The zero-order valence-corrected chi connectivity index (χ0v) is 18.3. The van der Waals surface area contributed by atoms with Gasteiger partial charge in [-0.05, 0) is 25.2 Å². The molecule has 1 aromatic heterocycles. The van der Waals surface area contributed by atoms with Crippen molar-refractivity contribution in [3.8, 4) is 0 Å². The van der Waals surface area contributed by atoms with Crippen LogP contribution in [0.4, 0.5) is 0 Å². The predicted molar refractivity (Wildman–Crippen MR) is 113 cm³/mol. The van der Waals surface area contributed by atoms with Gasteiger partial charge in [0, 0.05) is 24.9 Å². The number of aliphatic hydroxyl groups is 1. The molecule has 1 aromatic rings. The molecule has 1 fully saturated rings. The van der Waals surface area contributed by atoms with Gasteiger partial charge in [0.05, 0.1) is 19.0 Å². The van der Waals surface area contributed by atoms with Gasteiger partial charge in [-0.1, -0.05) is 13.8 Å². The summed E-state index contributed by atoms with van der Waals surface area (Å²) in [5.41, 5.74) is 6.71. The van der Waals surface area contributed by atoms with Crippen molar-refractivity contribution in [3.05, 3.63) is 18.2 Å². The quantitative estimate of drug-likeness (QED) is 0.230. The van der Waals surface area contributed by atoms with Crippen molar-refractivity contribution in [2.24, 2.45) is 11.7 Å². The first kappa shape index (κ1) is 25.3. The second kappa shape index (κ2) is 11.6. The Bertz CT molecular complexity index is 799. The molecule has 0 radical (unpaired) electrons. The third-order valence-electron chi connectivity index (χ3n) is 5.29. The van der Waals surface area contributed by atoms with Crippen LogP contribution in [0, 0.1) is 5.92 Å². The number of rotatable bonds is 11. The molecular weight excluding hydrogens is 420 g/mol. The molecule has 178 valence electrons. The molecule has 3 amide bonds. The number of amides is 3. The Morgan fingerprint density at radius 2 is 2.00 bits per heavy atom. The van der Waals surface area contributed by atoms with Crippen LogP contribution >= 0.6 is 0 Å². The van der Waals surface area contributed by atoms with Crippen molar-refractivity contribution in [2.75, 3.05) is 13.2 Å². The maximum absolute atomic E-state index is 12.8. The standard InChI is InChI=1S/C20H32N6O6/c1-11(2)6-14(20(31)32)24-17(28)15(9-27)25-18(29)16-4-3-5-26(16)19(30)13(21)7-12-8-22-10-23-12/h8,10-11,13-16,27H,3-7,9,21H2,1-2H3,(H,22,23)(H,24,28)(H,25,29)(H,31,32). The number of carbonyl (C=O) groups excluding carboxylic acids is 3. The minimum absolute atomic E-state index is 0.0163. The SMILES string of the molecule is CC(C)CC(NC(=O)C(CO)NC(=O)C1CCCN1C(=O)C(N)Cc1cnc[nH]1)C(=O)O. The summed E-state index contributed by atoms with van der Waals surface area (Å²) in [5.74, 6) is -2.99. The van der Waals surface area contributed by atoms with E-state index in [-0.39, 0.29) is 18.8 Å². The van der Waals surface area contributed by atoms with Crippen molar-refractivity contribution in [2.45, 2.75) is 63.7 Å². The lowest BCUT2D eigenvalue weighted by Crippen LogP contribution is -2.57. The van der Waals surface area contributed by atoms with Gasteiger partial charge < -0.3 is 36.5 Å². The van der Waals surface area contributed by atoms with Crippen LogP contribution in [0.2, 0.25) is 0 Å². The Balaban J connectivity index is 1.99. The van der Waals surface area contributed by atoms with Crippen molar-refractivity contribution >= 4 is 23.7 Å². The summed E-state index contributed by atoms with van der Waals surface area (Å²) < 4.78 is 0. The number of aliphatic carboxylic acids is 1. The number of aromatic amines is 1. The van der Waals surface area contributed by atoms with Crippen LogP contribution in [0.5, 0.6) is 0 Å². The smallest absolute Gasteiger partial charge is 0.326 e. The summed E-state index contributed by atoms with van der Waals surface area (Å²) in [6, 6.07) is -4.18. The van der Waals surface area contributed by atoms with Gasteiger partial charge in [0.15, 0.2) is 0 Å². The fourth-order valence-corrected chi connectivity index (χ4v) is 3.66. The molecule has 0 aromatic carbocycles. The second-order valence-electron chi connectivity index (χ2n) is 8.35. The number of hydrogen-bond donors (Lipinski definition) is 6. The van der Waals surface area contributed by atoms with Crippen LogP contribution < -0.4 is 16.4 Å². The molecule has 7 N–H and O–H groups in total. The largest absolute Gasteiger partial charge is 0.480 e. The van der Waals surface area contributed by atoms with E-state index in [4.69, 9.17) is 5.73 Å². The molecule has 1 saturated heterocycles. The van der Waals surface area contributed by atoms with Crippen LogP contribution in [-0.2, 0) is 25.6 Å². The van der Waals surface area contributed by atoms with E-state index in [1.807, 2.05) is 13.8 Å². The summed E-state index contributed by atoms with van der Waals surface area (Å²) in [6.45, 7) is 3.26. The van der Waals surface area contributed by atoms with E-state index in [1.165, 1.54) is 11.2 Å². The number of likely N-dealkylation sites (tertiary alicyclic amines) is 1. The number of imidazole rings is 1. The first-order valence-corrected chi connectivity index (χ1v) is 10.6. The van der Waals surface area contributed by atoms with Gasteiger partial charge in [0.1, 0.15) is 18.1 Å². The minimum atomic E-state index is -1.34. The molecule has 4 atom stereocenters. The third-order valence-corrected chi connectivity index (χ3v) is 5.29. The lowest BCUT2D eigenvalue weighted by molar-refractivity contribution is -0.143. The second-order valence-corrected chi connectivity index (χ2v) is 8.35. The van der Waals surface area contributed by atoms with Crippen molar-refractivity contribution in [3.63, 3.8) is 0 Å². The highest BCUT2D eigenvalue weighted by Gasteiger charge is 2.38. The molecule has 0 aliphatic carbocycles. The Hall–Kier alpha value is -2.99. The van der Waals surface area contributed by atoms with E-state index in [2.05, 4.69) is 20.6 Å². The van der Waals surface area contributed by atoms with E-state index in [9.17, 15) is 29.4 Å². The summed E-state index contributed by atoms with van der Waals surface area (Å²) in [5, 5.41) is 23.7. The zero-order valence-electron chi connectivity index (χ0n) is 18.3. The predicted octanol–water partition coefficient (Wildman–Crippen LogP) is -1.64. The number of nitrogens with two attached hydrogens (primary N) is 1. The van der Waals surface area contributed by atoms with Gasteiger partial charge in [0.2, 0.25) is 17.7 Å². The number of carbonyl (C=O) groups is 4. The molecule has 1 aliphatic heterocycles. The van der Waals surface area contributed by atoms with Crippen LogP contribution in [0.1, 0.15) is 38.8 Å². The highest BCUT2D eigenvalue weighted by molar-refractivity contribution is 5.94. The van der Waals surface area contributed by atoms with Gasteiger partial charge in [0.25, 0.3) is 0 Å². The van der Waals surface area contributed by atoms with Gasteiger partial charge in [-0.3, -0.25) is 14.4 Å². The fourth-order valence-electron chi connectivity index (χ4n) is 3.66. The topological polar surface area (TPSA) is 191 Å². The molecule has 2 heterocycles. The lowest BCUT2D eigenvalue weighted by Gasteiger charge is -2.28. The number of H-pyrrole nitrogens is 1. The monoisotopic (exact) mass is 452 g/mol. The molecule has 2 rings (SSSR count). The molecule has 0 saturated carbocycles. The number of aliphatic hydroxyl groups excluding tert-OH is 1. The number of nitrogens with zero attached hydrogens (tertiary/aromatic N) is 2. The molecular formula is C20H32N6O6. The summed E-state index contributed by atoms with van der Waals surface area (Å²) >= 11 is 0. The van der Waals surface area contributed by atoms with E-state index in [0.717, 1.165) is 0 Å². The Morgan fingerprint density at radius 3 is 2.56 bits per heavy atom. The van der Waals surface area contributed by atoms with Gasteiger partial charge in [-0.2, -0.15) is 0 Å². The van der Waals surface area contributed by atoms with E-state index >= 15 is 0 Å². The van der Waals surface area contributed by atoms with Crippen molar-refractivity contribution in [1.82, 2.24) is 25.5 Å². The Labute approximate surface area is 185 Å². The molecule has 0 bridgehead atoms. The molecule has 4 unspecified atom stereocenters. The van der Waals surface area contributed by atoms with Gasteiger partial charge >= 0.3 is 5.97 Å². The Kier molecular flexibility index (Phi) is 9.14. The normalized spacial score (nSPS) is 18.8. The number of carboxylic acid groups (broad SMARTS) is 1. The molecule has 12 heteroatoms. The fraction of sp³-hybridized carbons (Fsp3) is 0.650. The van der Waals surface area contributed by atoms with Crippen LogP contribution in [0.3, 0.4) is 0 Å². The van der Waals surface area contributed by atoms with Crippen molar-refractivity contribution < 1.29 is 29.4 Å². The number of hydrogen-bond acceptors (Lipinski definition) is 7. The average Bonchev–Trinajstić information content (AvgIpc) is 3.42. The average molecular weight is 453 g/mol. The molecule has 12 nitrogen and oxygen atoms in total. The Morgan fingerprint density at radius 1 is 1.28 bits per heavy atom. The van der Waals surface area contributed by atoms with Crippen LogP contribution in [-0.4, -0.2) is 86.1 Å². The first-order valence-electron chi connectivity index (χ1n) is 10.6. The first-order chi connectivity index (χ1) is 15.1. The molecule has 32 heavy (non-hydrogen) atoms. The van der Waals surface area contributed by atoms with E-state index in [1.54, 1.807) is 6.20 Å². The minimum Gasteiger partial charge on any atom is -0.480 e. The van der Waals surface area contributed by atoms with E-state index < -0.39 is 54.5 Å². The highest BCUT2D eigenvalue weighted by Crippen LogP contribution is 2.19. The zero-order chi connectivity index (χ0) is 23.8. The van der Waals surface area contributed by atoms with Gasteiger partial charge in [-0.25, -0.2) is 9.78 Å². The molecule has 1 aliphatic rings. The van der Waals surface area contributed by atoms with Gasteiger partial charge in [-0.15, -0.1) is 0 Å². The number of nitrogens with one attached hydrogen (secondary N) is 3.